The van der Waals surface area contributed by atoms with Crippen molar-refractivity contribution in [1.29, 1.82) is 0 Å². The third-order valence-corrected chi connectivity index (χ3v) is 4.45. The third kappa shape index (κ3) is 1.77. The fourth-order valence-corrected chi connectivity index (χ4v) is 3.54. The lowest BCUT2D eigenvalue weighted by Gasteiger charge is -1.93. The first-order chi connectivity index (χ1) is 8.83. The molecular formula is C12H11N3OS2. The smallest absolute Gasteiger partial charge is 0.213 e. The van der Waals surface area contributed by atoms with E-state index in [0.717, 1.165) is 39.7 Å². The van der Waals surface area contributed by atoms with E-state index < -0.39 is 0 Å². The lowest BCUT2D eigenvalue weighted by Crippen LogP contribution is -1.94. The van der Waals surface area contributed by atoms with Crippen molar-refractivity contribution in [1.82, 2.24) is 14.6 Å². The van der Waals surface area contributed by atoms with Crippen LogP contribution in [0, 0.1) is 0 Å². The number of aryl methyl sites for hydroxylation is 1. The second kappa shape index (κ2) is 4.62. The monoisotopic (exact) mass is 277 g/mol. The van der Waals surface area contributed by atoms with E-state index in [9.17, 15) is 4.79 Å². The fourth-order valence-electron chi connectivity index (χ4n) is 1.82. The number of hydrogen-bond donors (Lipinski definition) is 0. The van der Waals surface area contributed by atoms with Gasteiger partial charge in [0.05, 0.1) is 4.88 Å². The number of imidazole rings is 1. The number of nitrogens with zero attached hydrogens (tertiary/aromatic N) is 3. The molecule has 3 heterocycles. The Morgan fingerprint density at radius 1 is 1.50 bits per heavy atom. The van der Waals surface area contributed by atoms with Crippen LogP contribution in [0.1, 0.15) is 28.8 Å². The Labute approximate surface area is 112 Å². The number of fused-ring (bicyclic) bond motifs is 1. The quantitative estimate of drug-likeness (QED) is 0.687. The molecule has 3 rings (SSSR count). The SMILES string of the molecule is CCCc1nn2c(C=O)c(-c3cccs3)nc2s1. The van der Waals surface area contributed by atoms with Gasteiger partial charge in [0.2, 0.25) is 4.96 Å². The van der Waals surface area contributed by atoms with Gasteiger partial charge in [-0.15, -0.1) is 11.3 Å². The van der Waals surface area contributed by atoms with E-state index in [2.05, 4.69) is 17.0 Å². The van der Waals surface area contributed by atoms with Gasteiger partial charge in [-0.25, -0.2) is 4.98 Å². The zero-order valence-electron chi connectivity index (χ0n) is 9.79. The van der Waals surface area contributed by atoms with Crippen LogP contribution in [0.4, 0.5) is 0 Å². The van der Waals surface area contributed by atoms with Crippen LogP contribution in [0.2, 0.25) is 0 Å². The number of carbonyl (C=O) groups excluding carboxylic acids is 1. The molecule has 0 aromatic carbocycles. The predicted octanol–water partition coefficient (Wildman–Crippen LogP) is 3.28. The molecule has 0 atom stereocenters. The minimum Gasteiger partial charge on any atom is -0.296 e. The summed E-state index contributed by atoms with van der Waals surface area (Å²) in [6.07, 6.45) is 2.82. The van der Waals surface area contributed by atoms with Crippen LogP contribution >= 0.6 is 22.7 Å². The van der Waals surface area contributed by atoms with Gasteiger partial charge in [-0.05, 0) is 17.9 Å². The first kappa shape index (κ1) is 11.6. The Morgan fingerprint density at radius 3 is 3.06 bits per heavy atom. The van der Waals surface area contributed by atoms with Crippen LogP contribution in [0.5, 0.6) is 0 Å². The molecule has 0 unspecified atom stereocenters. The minimum absolute atomic E-state index is 0.547. The summed E-state index contributed by atoms with van der Waals surface area (Å²) in [5, 5.41) is 7.46. The van der Waals surface area contributed by atoms with Crippen molar-refractivity contribution in [3.8, 4) is 10.6 Å². The van der Waals surface area contributed by atoms with E-state index in [1.54, 1.807) is 27.2 Å². The predicted molar refractivity (Wildman–Crippen MR) is 73.6 cm³/mol. The number of thiophene rings is 1. The molecular weight excluding hydrogens is 266 g/mol. The first-order valence-corrected chi connectivity index (χ1v) is 7.40. The largest absolute Gasteiger partial charge is 0.296 e. The van der Waals surface area contributed by atoms with Gasteiger partial charge in [0.1, 0.15) is 16.4 Å². The molecule has 0 aliphatic carbocycles. The molecule has 0 aliphatic rings. The Morgan fingerprint density at radius 2 is 2.39 bits per heavy atom. The Balaban J connectivity index is 2.17. The maximum absolute atomic E-state index is 11.3. The lowest BCUT2D eigenvalue weighted by molar-refractivity contribution is 0.111. The molecule has 18 heavy (non-hydrogen) atoms. The van der Waals surface area contributed by atoms with Gasteiger partial charge in [0.25, 0.3) is 0 Å². The summed E-state index contributed by atoms with van der Waals surface area (Å²) in [6.45, 7) is 2.11. The number of aldehydes is 1. The molecule has 0 radical (unpaired) electrons. The molecule has 0 spiro atoms. The van der Waals surface area contributed by atoms with Gasteiger partial charge in [0.15, 0.2) is 6.29 Å². The van der Waals surface area contributed by atoms with Crippen molar-refractivity contribution in [3.05, 3.63) is 28.2 Å². The van der Waals surface area contributed by atoms with Gasteiger partial charge in [-0.3, -0.25) is 4.79 Å². The van der Waals surface area contributed by atoms with Crippen LogP contribution < -0.4 is 0 Å². The zero-order chi connectivity index (χ0) is 12.5. The van der Waals surface area contributed by atoms with E-state index in [1.807, 2.05) is 17.5 Å². The summed E-state index contributed by atoms with van der Waals surface area (Å²) in [4.78, 5) is 17.6. The summed E-state index contributed by atoms with van der Waals surface area (Å²) in [5.41, 5.74) is 1.29. The van der Waals surface area contributed by atoms with Crippen molar-refractivity contribution in [2.45, 2.75) is 19.8 Å². The number of aromatic nitrogens is 3. The molecule has 3 aromatic heterocycles. The molecule has 0 saturated heterocycles. The summed E-state index contributed by atoms with van der Waals surface area (Å²) in [6, 6.07) is 3.93. The van der Waals surface area contributed by atoms with Crippen molar-refractivity contribution in [2.24, 2.45) is 0 Å². The van der Waals surface area contributed by atoms with Crippen molar-refractivity contribution < 1.29 is 4.79 Å². The lowest BCUT2D eigenvalue weighted by atomic mass is 10.3. The van der Waals surface area contributed by atoms with E-state index in [-0.39, 0.29) is 0 Å². The normalized spacial score (nSPS) is 11.2. The van der Waals surface area contributed by atoms with Crippen LogP contribution in [0.15, 0.2) is 17.5 Å². The summed E-state index contributed by atoms with van der Waals surface area (Å²) < 4.78 is 1.66. The second-order valence-corrected chi connectivity index (χ2v) is 5.87. The van der Waals surface area contributed by atoms with E-state index in [1.165, 1.54) is 0 Å². The summed E-state index contributed by atoms with van der Waals surface area (Å²) in [5.74, 6) is 0. The highest BCUT2D eigenvalue weighted by atomic mass is 32.1. The maximum Gasteiger partial charge on any atom is 0.213 e. The second-order valence-electron chi connectivity index (χ2n) is 3.88. The minimum atomic E-state index is 0.547. The molecule has 3 aromatic rings. The molecule has 0 aliphatic heterocycles. The highest BCUT2D eigenvalue weighted by molar-refractivity contribution is 7.16. The summed E-state index contributed by atoms with van der Waals surface area (Å²) in [7, 11) is 0. The molecule has 92 valence electrons. The van der Waals surface area contributed by atoms with Gasteiger partial charge in [-0.2, -0.15) is 9.61 Å². The Hall–Kier alpha value is -1.53. The molecule has 0 saturated carbocycles. The Kier molecular flexibility index (Phi) is 2.97. The van der Waals surface area contributed by atoms with Crippen LogP contribution in [-0.2, 0) is 6.42 Å². The van der Waals surface area contributed by atoms with E-state index in [0.29, 0.717) is 5.69 Å². The van der Waals surface area contributed by atoms with E-state index >= 15 is 0 Å². The van der Waals surface area contributed by atoms with Gasteiger partial charge >= 0.3 is 0 Å². The molecule has 0 bridgehead atoms. The Bertz CT molecular complexity index is 682. The van der Waals surface area contributed by atoms with Gasteiger partial charge in [0, 0.05) is 6.42 Å². The average Bonchev–Trinajstić information content (AvgIpc) is 3.02. The van der Waals surface area contributed by atoms with Crippen LogP contribution in [0.25, 0.3) is 15.5 Å². The topological polar surface area (TPSA) is 47.3 Å². The average molecular weight is 277 g/mol. The molecule has 4 nitrogen and oxygen atoms in total. The zero-order valence-corrected chi connectivity index (χ0v) is 11.4. The van der Waals surface area contributed by atoms with Gasteiger partial charge in [-0.1, -0.05) is 24.3 Å². The maximum atomic E-state index is 11.3. The van der Waals surface area contributed by atoms with Crippen molar-refractivity contribution in [3.63, 3.8) is 0 Å². The highest BCUT2D eigenvalue weighted by Gasteiger charge is 2.17. The van der Waals surface area contributed by atoms with Crippen LogP contribution in [0.3, 0.4) is 0 Å². The molecule has 6 heteroatoms. The number of rotatable bonds is 4. The fraction of sp³-hybridized carbons (Fsp3) is 0.250. The molecule has 0 N–H and O–H groups in total. The standard InChI is InChI=1S/C12H11N3OS2/c1-2-4-10-14-15-8(7-16)11(13-12(15)18-10)9-5-3-6-17-9/h3,5-7H,2,4H2,1H3. The number of hydrogen-bond acceptors (Lipinski definition) is 5. The third-order valence-electron chi connectivity index (χ3n) is 2.61. The van der Waals surface area contributed by atoms with Crippen molar-refractivity contribution in [2.75, 3.05) is 0 Å². The first-order valence-electron chi connectivity index (χ1n) is 5.71. The molecule has 0 fully saturated rings. The highest BCUT2D eigenvalue weighted by Crippen LogP contribution is 2.29. The number of carbonyl (C=O) groups is 1. The summed E-state index contributed by atoms with van der Waals surface area (Å²) >= 11 is 3.14. The van der Waals surface area contributed by atoms with Gasteiger partial charge < -0.3 is 0 Å². The molecule has 0 amide bonds. The van der Waals surface area contributed by atoms with E-state index in [4.69, 9.17) is 0 Å². The van der Waals surface area contributed by atoms with Crippen molar-refractivity contribution >= 4 is 33.9 Å². The van der Waals surface area contributed by atoms with Crippen LogP contribution in [-0.4, -0.2) is 20.9 Å².